The van der Waals surface area contributed by atoms with Crippen molar-refractivity contribution in [3.8, 4) is 10.4 Å². The lowest BCUT2D eigenvalue weighted by Gasteiger charge is -2.11. The summed E-state index contributed by atoms with van der Waals surface area (Å²) in [5.74, 6) is 0.430. The number of carbonyl (C=O) groups is 1. The van der Waals surface area contributed by atoms with Crippen LogP contribution in [0.5, 0.6) is 0 Å². The van der Waals surface area contributed by atoms with E-state index in [0.29, 0.717) is 10.9 Å². The van der Waals surface area contributed by atoms with Crippen LogP contribution >= 0.6 is 11.3 Å². The number of anilines is 1. The second-order valence-corrected chi connectivity index (χ2v) is 7.59. The van der Waals surface area contributed by atoms with E-state index in [2.05, 4.69) is 15.6 Å². The fraction of sp³-hybridized carbons (Fsp3) is 0.333. The molecule has 0 bridgehead atoms. The average molecular weight is 337 g/mol. The van der Waals surface area contributed by atoms with Crippen LogP contribution in [0.4, 0.5) is 9.93 Å². The van der Waals surface area contributed by atoms with Crippen molar-refractivity contribution in [1.82, 2.24) is 10.3 Å². The van der Waals surface area contributed by atoms with Crippen molar-refractivity contribution >= 4 is 33.3 Å². The molecule has 1 heterocycles. The summed E-state index contributed by atoms with van der Waals surface area (Å²) in [6, 6.07) is 7.57. The van der Waals surface area contributed by atoms with Crippen LogP contribution in [0.1, 0.15) is 12.5 Å². The largest absolute Gasteiger partial charge is 0.334 e. The quantitative estimate of drug-likeness (QED) is 0.881. The van der Waals surface area contributed by atoms with Crippen LogP contribution in [0.15, 0.2) is 30.5 Å². The van der Waals surface area contributed by atoms with E-state index in [1.165, 1.54) is 16.9 Å². The predicted molar refractivity (Wildman–Crippen MR) is 92.8 cm³/mol. The molecular weight excluding hydrogens is 318 g/mol. The van der Waals surface area contributed by atoms with Gasteiger partial charge in [-0.3, -0.25) is 9.53 Å². The minimum absolute atomic E-state index is 0.151. The van der Waals surface area contributed by atoms with E-state index in [-0.39, 0.29) is 12.1 Å². The maximum atomic E-state index is 11.9. The van der Waals surface area contributed by atoms with E-state index >= 15 is 0 Å². The first-order chi connectivity index (χ1) is 10.5. The highest BCUT2D eigenvalue weighted by atomic mass is 32.2. The Hall–Kier alpha value is -1.73. The summed E-state index contributed by atoms with van der Waals surface area (Å²) in [5, 5.41) is 6.00. The highest BCUT2D eigenvalue weighted by Gasteiger charge is 2.12. The van der Waals surface area contributed by atoms with Crippen LogP contribution in [0.3, 0.4) is 0 Å². The van der Waals surface area contributed by atoms with Gasteiger partial charge in [-0.25, -0.2) is 9.78 Å². The van der Waals surface area contributed by atoms with E-state index in [0.717, 1.165) is 10.4 Å². The highest BCUT2D eigenvalue weighted by molar-refractivity contribution is 7.84. The zero-order valence-electron chi connectivity index (χ0n) is 12.8. The molecule has 2 atom stereocenters. The van der Waals surface area contributed by atoms with Gasteiger partial charge in [0.25, 0.3) is 0 Å². The Kier molecular flexibility index (Phi) is 5.68. The Morgan fingerprint density at radius 2 is 2.14 bits per heavy atom. The monoisotopic (exact) mass is 337 g/mol. The van der Waals surface area contributed by atoms with Gasteiger partial charge in [-0.15, -0.1) is 0 Å². The lowest BCUT2D eigenvalue weighted by molar-refractivity contribution is 0.250. The third kappa shape index (κ3) is 4.64. The Morgan fingerprint density at radius 1 is 1.41 bits per heavy atom. The minimum Gasteiger partial charge on any atom is -0.334 e. The summed E-state index contributed by atoms with van der Waals surface area (Å²) < 4.78 is 11.1. The molecule has 0 aliphatic rings. The zero-order valence-corrected chi connectivity index (χ0v) is 14.4. The first-order valence-corrected chi connectivity index (χ1v) is 9.39. The fourth-order valence-electron chi connectivity index (χ4n) is 2.06. The summed E-state index contributed by atoms with van der Waals surface area (Å²) >= 11 is 1.43. The number of aryl methyl sites for hydroxylation is 1. The molecule has 22 heavy (non-hydrogen) atoms. The number of urea groups is 1. The Morgan fingerprint density at radius 3 is 2.82 bits per heavy atom. The first-order valence-electron chi connectivity index (χ1n) is 6.85. The standard InChI is InChI=1S/C15H19N3O2S2/c1-10-6-4-5-7-12(10)13-8-16-15(21-13)18-14(19)17-11(2)9-22(3)20/h4-8,11H,9H2,1-3H3,(H2,16,17,18,19)/t11-,22-/m0/s1. The van der Waals surface area contributed by atoms with E-state index in [1.807, 2.05) is 38.1 Å². The van der Waals surface area contributed by atoms with Gasteiger partial charge >= 0.3 is 6.03 Å². The molecule has 2 aromatic rings. The molecule has 0 saturated carbocycles. The first kappa shape index (κ1) is 16.6. The highest BCUT2D eigenvalue weighted by Crippen LogP contribution is 2.30. The number of amides is 2. The number of rotatable bonds is 5. The fourth-order valence-corrected chi connectivity index (χ4v) is 3.75. The Labute approximate surface area is 136 Å². The van der Waals surface area contributed by atoms with Gasteiger partial charge in [-0.2, -0.15) is 0 Å². The Bertz CT molecular complexity index is 685. The van der Waals surface area contributed by atoms with Crippen molar-refractivity contribution < 1.29 is 9.00 Å². The van der Waals surface area contributed by atoms with Gasteiger partial charge in [-0.1, -0.05) is 35.6 Å². The third-order valence-corrected chi connectivity index (χ3v) is 4.91. The van der Waals surface area contributed by atoms with Crippen LogP contribution < -0.4 is 10.6 Å². The van der Waals surface area contributed by atoms with Crippen molar-refractivity contribution in [2.45, 2.75) is 19.9 Å². The molecule has 2 amide bonds. The number of carbonyl (C=O) groups excluding carboxylic acids is 1. The van der Waals surface area contributed by atoms with Gasteiger partial charge in [0.15, 0.2) is 5.13 Å². The van der Waals surface area contributed by atoms with Crippen LogP contribution in [0.25, 0.3) is 10.4 Å². The zero-order chi connectivity index (χ0) is 16.1. The van der Waals surface area contributed by atoms with Gasteiger partial charge < -0.3 is 5.32 Å². The molecular formula is C15H19N3O2S2. The summed E-state index contributed by atoms with van der Waals surface area (Å²) in [6.45, 7) is 3.86. The molecule has 1 aromatic carbocycles. The van der Waals surface area contributed by atoms with Crippen LogP contribution in [0.2, 0.25) is 0 Å². The molecule has 5 nitrogen and oxygen atoms in total. The van der Waals surface area contributed by atoms with E-state index in [9.17, 15) is 9.00 Å². The topological polar surface area (TPSA) is 71.1 Å². The average Bonchev–Trinajstić information content (AvgIpc) is 2.86. The number of hydrogen-bond acceptors (Lipinski definition) is 4. The van der Waals surface area contributed by atoms with Crippen molar-refractivity contribution in [3.63, 3.8) is 0 Å². The van der Waals surface area contributed by atoms with Gasteiger partial charge in [0.1, 0.15) is 0 Å². The SMILES string of the molecule is Cc1ccccc1-c1cnc(NC(=O)N[C@@H](C)C[S@](C)=O)s1. The molecule has 2 rings (SSSR count). The number of benzene rings is 1. The van der Waals surface area contributed by atoms with E-state index < -0.39 is 10.8 Å². The van der Waals surface area contributed by atoms with Gasteiger partial charge in [-0.05, 0) is 25.0 Å². The van der Waals surface area contributed by atoms with E-state index in [4.69, 9.17) is 0 Å². The molecule has 118 valence electrons. The normalized spacial score (nSPS) is 13.4. The lowest BCUT2D eigenvalue weighted by atomic mass is 10.1. The molecule has 0 spiro atoms. The Balaban J connectivity index is 1.99. The molecule has 0 unspecified atom stereocenters. The smallest absolute Gasteiger partial charge is 0.321 e. The van der Waals surface area contributed by atoms with Crippen molar-refractivity contribution in [2.75, 3.05) is 17.3 Å². The van der Waals surface area contributed by atoms with E-state index in [1.54, 1.807) is 12.5 Å². The summed E-state index contributed by atoms with van der Waals surface area (Å²) in [6.07, 6.45) is 3.37. The number of nitrogens with zero attached hydrogens (tertiary/aromatic N) is 1. The molecule has 0 aliphatic carbocycles. The summed E-state index contributed by atoms with van der Waals surface area (Å²) in [5.41, 5.74) is 2.28. The molecule has 0 radical (unpaired) electrons. The van der Waals surface area contributed by atoms with Gasteiger partial charge in [0.2, 0.25) is 0 Å². The molecule has 0 aliphatic heterocycles. The molecule has 0 saturated heterocycles. The lowest BCUT2D eigenvalue weighted by Crippen LogP contribution is -2.39. The van der Waals surface area contributed by atoms with Gasteiger partial charge in [0.05, 0.1) is 4.88 Å². The second kappa shape index (κ2) is 7.51. The summed E-state index contributed by atoms with van der Waals surface area (Å²) in [4.78, 5) is 17.1. The van der Waals surface area contributed by atoms with Crippen LogP contribution in [-0.2, 0) is 10.8 Å². The molecule has 0 fully saturated rings. The predicted octanol–water partition coefficient (Wildman–Crippen LogP) is 3.01. The molecule has 1 aromatic heterocycles. The van der Waals surface area contributed by atoms with Crippen molar-refractivity contribution in [2.24, 2.45) is 0 Å². The maximum Gasteiger partial charge on any atom is 0.321 e. The summed E-state index contributed by atoms with van der Waals surface area (Å²) in [7, 11) is -0.938. The number of aromatic nitrogens is 1. The van der Waals surface area contributed by atoms with Crippen LogP contribution in [0, 0.1) is 6.92 Å². The number of nitrogens with one attached hydrogen (secondary N) is 2. The van der Waals surface area contributed by atoms with Crippen molar-refractivity contribution in [1.29, 1.82) is 0 Å². The van der Waals surface area contributed by atoms with Gasteiger partial charge in [0, 0.05) is 35.0 Å². The number of hydrogen-bond donors (Lipinski definition) is 2. The molecule has 2 N–H and O–H groups in total. The third-order valence-electron chi connectivity index (χ3n) is 3.00. The molecule has 7 heteroatoms. The van der Waals surface area contributed by atoms with Crippen LogP contribution in [-0.4, -0.2) is 33.3 Å². The number of thiazole rings is 1. The minimum atomic E-state index is -0.938. The second-order valence-electron chi connectivity index (χ2n) is 5.08. The van der Waals surface area contributed by atoms with Crippen molar-refractivity contribution in [3.05, 3.63) is 36.0 Å². The maximum absolute atomic E-state index is 11.9.